The molecule has 5 rings (SSSR count). The van der Waals surface area contributed by atoms with Crippen molar-refractivity contribution >= 4 is 44.7 Å². The topological polar surface area (TPSA) is 71.1 Å². The number of thiazole rings is 1. The van der Waals surface area contributed by atoms with Crippen LogP contribution in [0, 0.1) is 5.92 Å². The number of nitrogens with one attached hydrogen (secondary N) is 2. The molecular weight excluding hydrogens is 406 g/mol. The summed E-state index contributed by atoms with van der Waals surface area (Å²) in [7, 11) is 0. The molecule has 0 unspecified atom stereocenters. The van der Waals surface area contributed by atoms with E-state index in [1.165, 1.54) is 4.70 Å². The third-order valence-corrected chi connectivity index (χ3v) is 6.30. The van der Waals surface area contributed by atoms with Crippen LogP contribution in [-0.2, 0) is 11.2 Å². The zero-order chi connectivity index (χ0) is 21.2. The van der Waals surface area contributed by atoms with E-state index in [-0.39, 0.29) is 17.7 Å². The van der Waals surface area contributed by atoms with Gasteiger partial charge in [0, 0.05) is 29.3 Å². The average Bonchev–Trinajstić information content (AvgIpc) is 3.56. The van der Waals surface area contributed by atoms with Crippen molar-refractivity contribution in [1.29, 1.82) is 0 Å². The summed E-state index contributed by atoms with van der Waals surface area (Å²) in [5.74, 6) is 0.0303. The van der Waals surface area contributed by atoms with E-state index in [0.29, 0.717) is 11.3 Å². The monoisotopic (exact) mass is 427 g/mol. The van der Waals surface area contributed by atoms with Crippen molar-refractivity contribution in [3.05, 3.63) is 88.9 Å². The Morgan fingerprint density at radius 1 is 0.871 bits per heavy atom. The van der Waals surface area contributed by atoms with Gasteiger partial charge in [0.2, 0.25) is 5.91 Å². The Morgan fingerprint density at radius 2 is 1.55 bits per heavy atom. The van der Waals surface area contributed by atoms with E-state index in [1.54, 1.807) is 35.6 Å². The first-order valence-electron chi connectivity index (χ1n) is 10.3. The summed E-state index contributed by atoms with van der Waals surface area (Å²) in [5.41, 5.74) is 4.18. The molecule has 4 aromatic rings. The summed E-state index contributed by atoms with van der Waals surface area (Å²) in [5, 5.41) is 6.88. The number of para-hydroxylation sites is 1. The molecule has 1 aromatic heterocycles. The molecule has 6 heteroatoms. The van der Waals surface area contributed by atoms with E-state index in [1.807, 2.05) is 42.5 Å². The smallest absolute Gasteiger partial charge is 0.255 e. The molecule has 0 spiro atoms. The van der Waals surface area contributed by atoms with Crippen LogP contribution in [-0.4, -0.2) is 16.8 Å². The Bertz CT molecular complexity index is 1210. The number of carbonyl (C=O) groups excluding carboxylic acids is 2. The molecule has 154 valence electrons. The number of hydrogen-bond acceptors (Lipinski definition) is 4. The zero-order valence-corrected chi connectivity index (χ0v) is 17.6. The second-order valence-corrected chi connectivity index (χ2v) is 8.86. The van der Waals surface area contributed by atoms with Gasteiger partial charge in [0.1, 0.15) is 0 Å². The van der Waals surface area contributed by atoms with Gasteiger partial charge < -0.3 is 10.6 Å². The van der Waals surface area contributed by atoms with Gasteiger partial charge in [-0.15, -0.1) is 11.3 Å². The summed E-state index contributed by atoms with van der Waals surface area (Å²) >= 11 is 1.71. The highest BCUT2D eigenvalue weighted by Gasteiger charge is 2.29. The molecule has 1 fully saturated rings. The molecule has 3 aromatic carbocycles. The van der Waals surface area contributed by atoms with Crippen molar-refractivity contribution in [2.24, 2.45) is 5.92 Å². The Hall–Kier alpha value is -3.51. The van der Waals surface area contributed by atoms with Crippen molar-refractivity contribution in [3.8, 4) is 0 Å². The minimum atomic E-state index is -0.181. The molecule has 31 heavy (non-hydrogen) atoms. The summed E-state index contributed by atoms with van der Waals surface area (Å²) in [6.07, 6.45) is 2.69. The van der Waals surface area contributed by atoms with Gasteiger partial charge in [0.15, 0.2) is 0 Å². The van der Waals surface area contributed by atoms with E-state index in [0.717, 1.165) is 41.0 Å². The van der Waals surface area contributed by atoms with E-state index in [4.69, 9.17) is 0 Å². The van der Waals surface area contributed by atoms with Gasteiger partial charge >= 0.3 is 0 Å². The number of carbonyl (C=O) groups is 2. The van der Waals surface area contributed by atoms with Gasteiger partial charge in [-0.25, -0.2) is 4.98 Å². The van der Waals surface area contributed by atoms with E-state index >= 15 is 0 Å². The Labute approximate surface area is 184 Å². The Morgan fingerprint density at radius 3 is 2.26 bits per heavy atom. The van der Waals surface area contributed by atoms with Crippen molar-refractivity contribution < 1.29 is 9.59 Å². The van der Waals surface area contributed by atoms with Crippen LogP contribution >= 0.6 is 11.3 Å². The first kappa shape index (κ1) is 19.5. The van der Waals surface area contributed by atoms with E-state index < -0.39 is 0 Å². The number of benzene rings is 3. The van der Waals surface area contributed by atoms with Crippen LogP contribution in [0.5, 0.6) is 0 Å². The highest BCUT2D eigenvalue weighted by Crippen LogP contribution is 2.30. The summed E-state index contributed by atoms with van der Waals surface area (Å²) in [6, 6.07) is 22.9. The lowest BCUT2D eigenvalue weighted by Gasteiger charge is -2.08. The predicted molar refractivity (Wildman–Crippen MR) is 125 cm³/mol. The molecule has 0 atom stereocenters. The second-order valence-electron chi connectivity index (χ2n) is 7.74. The minimum Gasteiger partial charge on any atom is -0.326 e. The van der Waals surface area contributed by atoms with Crippen LogP contribution < -0.4 is 10.6 Å². The summed E-state index contributed by atoms with van der Waals surface area (Å²) < 4.78 is 1.19. The quantitative estimate of drug-likeness (QED) is 0.428. The number of anilines is 2. The number of amides is 2. The van der Waals surface area contributed by atoms with Crippen molar-refractivity contribution in [2.45, 2.75) is 19.3 Å². The van der Waals surface area contributed by atoms with Gasteiger partial charge in [0.05, 0.1) is 15.2 Å². The Balaban J connectivity index is 1.19. The molecule has 0 bridgehead atoms. The lowest BCUT2D eigenvalue weighted by atomic mass is 10.1. The molecule has 0 radical (unpaired) electrons. The maximum Gasteiger partial charge on any atom is 0.255 e. The highest BCUT2D eigenvalue weighted by molar-refractivity contribution is 7.18. The minimum absolute atomic E-state index is 0.0585. The summed E-state index contributed by atoms with van der Waals surface area (Å²) in [6.45, 7) is 0. The highest BCUT2D eigenvalue weighted by atomic mass is 32.1. The molecule has 2 N–H and O–H groups in total. The fourth-order valence-electron chi connectivity index (χ4n) is 3.37. The fourth-order valence-corrected chi connectivity index (χ4v) is 4.38. The first-order chi connectivity index (χ1) is 15.1. The normalized spacial score (nSPS) is 13.2. The molecule has 0 aliphatic heterocycles. The third-order valence-electron chi connectivity index (χ3n) is 5.27. The molecule has 1 aliphatic rings. The summed E-state index contributed by atoms with van der Waals surface area (Å²) in [4.78, 5) is 29.0. The van der Waals surface area contributed by atoms with Gasteiger partial charge in [-0.2, -0.15) is 0 Å². The van der Waals surface area contributed by atoms with Crippen molar-refractivity contribution in [3.63, 3.8) is 0 Å². The van der Waals surface area contributed by atoms with Crippen LogP contribution in [0.1, 0.15) is 33.8 Å². The van der Waals surface area contributed by atoms with Crippen molar-refractivity contribution in [1.82, 2.24) is 4.98 Å². The number of aromatic nitrogens is 1. The van der Waals surface area contributed by atoms with E-state index in [2.05, 4.69) is 21.7 Å². The molecule has 5 nitrogen and oxygen atoms in total. The van der Waals surface area contributed by atoms with Crippen LogP contribution in [0.4, 0.5) is 11.4 Å². The predicted octanol–water partition coefficient (Wildman–Crippen LogP) is 5.49. The molecule has 1 heterocycles. The molecular formula is C25H21N3O2S. The largest absolute Gasteiger partial charge is 0.326 e. The van der Waals surface area contributed by atoms with Gasteiger partial charge in [-0.05, 0) is 66.9 Å². The number of fused-ring (bicyclic) bond motifs is 1. The van der Waals surface area contributed by atoms with Gasteiger partial charge in [0.25, 0.3) is 5.91 Å². The maximum absolute atomic E-state index is 12.5. The number of nitrogens with zero attached hydrogens (tertiary/aromatic N) is 1. The lowest BCUT2D eigenvalue weighted by Crippen LogP contribution is -2.14. The molecule has 0 saturated heterocycles. The number of rotatable bonds is 6. The third kappa shape index (κ3) is 4.64. The van der Waals surface area contributed by atoms with Crippen LogP contribution in [0.15, 0.2) is 72.8 Å². The van der Waals surface area contributed by atoms with Crippen LogP contribution in [0.3, 0.4) is 0 Å². The maximum atomic E-state index is 12.5. The Kier molecular flexibility index (Phi) is 5.22. The fraction of sp³-hybridized carbons (Fsp3) is 0.160. The average molecular weight is 428 g/mol. The first-order valence-corrected chi connectivity index (χ1v) is 11.1. The van der Waals surface area contributed by atoms with Crippen LogP contribution in [0.25, 0.3) is 10.2 Å². The SMILES string of the molecule is O=C(Nc1ccc(Cc2nc3ccccc3s2)cc1)c1ccc(NC(=O)C2CC2)cc1. The second kappa shape index (κ2) is 8.32. The standard InChI is InChI=1S/C25H21N3O2S/c29-24(17-7-8-17)27-20-13-9-18(10-14-20)25(30)26-19-11-5-16(6-12-19)15-23-28-21-3-1-2-4-22(21)31-23/h1-6,9-14,17H,7-8,15H2,(H,26,30)(H,27,29). The van der Waals surface area contributed by atoms with E-state index in [9.17, 15) is 9.59 Å². The van der Waals surface area contributed by atoms with Gasteiger partial charge in [-0.1, -0.05) is 24.3 Å². The molecule has 1 saturated carbocycles. The van der Waals surface area contributed by atoms with Gasteiger partial charge in [-0.3, -0.25) is 9.59 Å². The van der Waals surface area contributed by atoms with Crippen LogP contribution in [0.2, 0.25) is 0 Å². The molecule has 2 amide bonds. The lowest BCUT2D eigenvalue weighted by molar-refractivity contribution is -0.117. The van der Waals surface area contributed by atoms with Crippen molar-refractivity contribution in [2.75, 3.05) is 10.6 Å². The zero-order valence-electron chi connectivity index (χ0n) is 16.8. The number of hydrogen-bond donors (Lipinski definition) is 2. The molecule has 1 aliphatic carbocycles.